The van der Waals surface area contributed by atoms with Gasteiger partial charge in [-0.2, -0.15) is 10.1 Å². The number of fused-ring (bicyclic) bond motifs is 2. The molecule has 2 N–H and O–H groups in total. The van der Waals surface area contributed by atoms with Gasteiger partial charge in [0.1, 0.15) is 5.03 Å². The van der Waals surface area contributed by atoms with Crippen LogP contribution in [0.5, 0.6) is 0 Å². The molecule has 5 rings (SSSR count). The van der Waals surface area contributed by atoms with Crippen LogP contribution in [0.3, 0.4) is 0 Å². The number of hydrogen-bond donors (Lipinski definition) is 2. The molecular weight excluding hydrogens is 396 g/mol. The summed E-state index contributed by atoms with van der Waals surface area (Å²) in [5.74, 6) is 0.701. The minimum atomic E-state index is -0.258. The van der Waals surface area contributed by atoms with Crippen LogP contribution in [-0.2, 0) is 37.0 Å². The van der Waals surface area contributed by atoms with Gasteiger partial charge in [-0.15, -0.1) is 5.10 Å². The van der Waals surface area contributed by atoms with Crippen molar-refractivity contribution in [1.29, 1.82) is 0 Å². The molecule has 2 heterocycles. The van der Waals surface area contributed by atoms with Crippen molar-refractivity contribution >= 4 is 23.4 Å². The molecule has 3 aromatic rings. The number of hydrogen-bond acceptors (Lipinski definition) is 6. The summed E-state index contributed by atoms with van der Waals surface area (Å²) in [5.41, 5.74) is 6.98. The fraction of sp³-hybridized carbons (Fsp3) is 0.500. The molecule has 0 aliphatic heterocycles. The average Bonchev–Trinajstić information content (AvgIpc) is 3.49. The second-order valence-corrected chi connectivity index (χ2v) is 9.73. The Morgan fingerprint density at radius 2 is 1.90 bits per heavy atom. The van der Waals surface area contributed by atoms with Crippen molar-refractivity contribution < 1.29 is 4.74 Å². The summed E-state index contributed by atoms with van der Waals surface area (Å²) in [6, 6.07) is 4.43. The molecule has 0 fully saturated rings. The van der Waals surface area contributed by atoms with Crippen LogP contribution in [0.2, 0.25) is 0 Å². The van der Waals surface area contributed by atoms with Gasteiger partial charge < -0.3 is 10.1 Å². The van der Waals surface area contributed by atoms with Gasteiger partial charge in [0.05, 0.1) is 12.1 Å². The predicted octanol–water partition coefficient (Wildman–Crippen LogP) is 4.30. The molecule has 158 valence electrons. The van der Waals surface area contributed by atoms with Gasteiger partial charge in [0.15, 0.2) is 0 Å². The summed E-state index contributed by atoms with van der Waals surface area (Å²) in [6.45, 7) is 4.78. The van der Waals surface area contributed by atoms with E-state index in [4.69, 9.17) is 4.74 Å². The van der Waals surface area contributed by atoms with Crippen molar-refractivity contribution in [1.82, 2.24) is 25.0 Å². The molecule has 0 spiro atoms. The lowest BCUT2D eigenvalue weighted by atomic mass is 9.99. The standard InChI is InChI=1S/C22H28N6OS/c1-22(2,29-3)13-28-11-10-18(27-28)30-21-24-20(25-26-21)23-19-16-8-4-6-14(16)12-15-7-5-9-17(15)19/h10-12H,4-9,13H2,1-3H3,(H2,23,24,25,26). The third-order valence-corrected chi connectivity index (χ3v) is 6.88. The quantitative estimate of drug-likeness (QED) is 0.589. The Labute approximate surface area is 181 Å². The minimum Gasteiger partial charge on any atom is -0.377 e. The molecule has 2 aliphatic carbocycles. The molecule has 30 heavy (non-hydrogen) atoms. The third-order valence-electron chi connectivity index (χ3n) is 6.09. The average molecular weight is 425 g/mol. The van der Waals surface area contributed by atoms with Gasteiger partial charge in [-0.3, -0.25) is 4.68 Å². The number of benzene rings is 1. The monoisotopic (exact) mass is 424 g/mol. The van der Waals surface area contributed by atoms with Gasteiger partial charge in [-0.05, 0) is 92.5 Å². The lowest BCUT2D eigenvalue weighted by molar-refractivity contribution is 0.00518. The Morgan fingerprint density at radius 3 is 2.60 bits per heavy atom. The van der Waals surface area contributed by atoms with E-state index in [2.05, 4.69) is 31.7 Å². The number of aryl methyl sites for hydroxylation is 2. The van der Waals surface area contributed by atoms with Gasteiger partial charge in [0.25, 0.3) is 0 Å². The number of methoxy groups -OCH3 is 1. The van der Waals surface area contributed by atoms with Gasteiger partial charge in [0.2, 0.25) is 11.1 Å². The molecule has 1 aromatic carbocycles. The molecule has 7 nitrogen and oxygen atoms in total. The normalized spacial score (nSPS) is 15.4. The Balaban J connectivity index is 1.31. The maximum atomic E-state index is 5.49. The van der Waals surface area contributed by atoms with Crippen LogP contribution in [0.15, 0.2) is 28.5 Å². The Hall–Kier alpha value is -2.32. The summed E-state index contributed by atoms with van der Waals surface area (Å²) < 4.78 is 7.38. The van der Waals surface area contributed by atoms with E-state index in [9.17, 15) is 0 Å². The molecule has 0 bridgehead atoms. The van der Waals surface area contributed by atoms with Crippen LogP contribution in [-0.4, -0.2) is 37.7 Å². The van der Waals surface area contributed by atoms with Crippen LogP contribution >= 0.6 is 11.8 Å². The van der Waals surface area contributed by atoms with E-state index in [1.165, 1.54) is 65.4 Å². The topological polar surface area (TPSA) is 80.7 Å². The highest BCUT2D eigenvalue weighted by molar-refractivity contribution is 7.99. The first-order valence-corrected chi connectivity index (χ1v) is 11.4. The molecule has 0 amide bonds. The minimum absolute atomic E-state index is 0.258. The van der Waals surface area contributed by atoms with E-state index >= 15 is 0 Å². The zero-order valence-corrected chi connectivity index (χ0v) is 18.6. The van der Waals surface area contributed by atoms with E-state index in [0.717, 1.165) is 17.9 Å². The molecule has 8 heteroatoms. The van der Waals surface area contributed by atoms with Gasteiger partial charge in [-0.1, -0.05) is 6.07 Å². The lowest BCUT2D eigenvalue weighted by Gasteiger charge is -2.22. The van der Waals surface area contributed by atoms with E-state index in [1.807, 2.05) is 30.8 Å². The number of nitrogens with one attached hydrogen (secondary N) is 2. The first kappa shape index (κ1) is 19.6. The van der Waals surface area contributed by atoms with Crippen molar-refractivity contribution in [2.24, 2.45) is 0 Å². The van der Waals surface area contributed by atoms with Crippen molar-refractivity contribution in [2.45, 2.75) is 74.7 Å². The first-order chi connectivity index (χ1) is 14.5. The van der Waals surface area contributed by atoms with Crippen molar-refractivity contribution in [3.8, 4) is 0 Å². The summed E-state index contributed by atoms with van der Waals surface area (Å²) in [4.78, 5) is 4.66. The number of aromatic amines is 1. The summed E-state index contributed by atoms with van der Waals surface area (Å²) in [6.07, 6.45) is 9.13. The van der Waals surface area contributed by atoms with E-state index < -0.39 is 0 Å². The fourth-order valence-electron chi connectivity index (χ4n) is 4.47. The zero-order chi connectivity index (χ0) is 20.7. The molecular formula is C22H28N6OS. The zero-order valence-electron chi connectivity index (χ0n) is 17.8. The van der Waals surface area contributed by atoms with E-state index in [1.54, 1.807) is 7.11 Å². The van der Waals surface area contributed by atoms with E-state index in [0.29, 0.717) is 17.6 Å². The number of ether oxygens (including phenoxy) is 1. The number of anilines is 2. The van der Waals surface area contributed by atoms with Crippen molar-refractivity contribution in [3.63, 3.8) is 0 Å². The largest absolute Gasteiger partial charge is 0.377 e. The Bertz CT molecular complexity index is 1040. The maximum Gasteiger partial charge on any atom is 0.224 e. The molecule has 2 aliphatic rings. The molecule has 2 aromatic heterocycles. The number of nitrogens with zero attached hydrogens (tertiary/aromatic N) is 4. The van der Waals surface area contributed by atoms with Crippen molar-refractivity contribution in [2.75, 3.05) is 12.4 Å². The number of H-pyrrole nitrogens is 1. The summed E-state index contributed by atoms with van der Waals surface area (Å²) in [5, 5.41) is 17.2. The first-order valence-electron chi connectivity index (χ1n) is 10.6. The van der Waals surface area contributed by atoms with Gasteiger partial charge in [0, 0.05) is 19.0 Å². The molecule has 0 saturated carbocycles. The van der Waals surface area contributed by atoms with Crippen LogP contribution in [0.1, 0.15) is 48.9 Å². The highest BCUT2D eigenvalue weighted by Crippen LogP contribution is 2.39. The van der Waals surface area contributed by atoms with Gasteiger partial charge in [-0.25, -0.2) is 5.10 Å². The highest BCUT2D eigenvalue weighted by atomic mass is 32.2. The van der Waals surface area contributed by atoms with Crippen LogP contribution < -0.4 is 5.32 Å². The second-order valence-electron chi connectivity index (χ2n) is 8.74. The van der Waals surface area contributed by atoms with Crippen LogP contribution in [0.25, 0.3) is 0 Å². The fourth-order valence-corrected chi connectivity index (χ4v) is 5.16. The second kappa shape index (κ2) is 7.74. The van der Waals surface area contributed by atoms with Crippen molar-refractivity contribution in [3.05, 3.63) is 40.6 Å². The third kappa shape index (κ3) is 3.86. The van der Waals surface area contributed by atoms with Crippen LogP contribution in [0.4, 0.5) is 11.6 Å². The number of rotatable bonds is 7. The molecule has 0 unspecified atom stereocenters. The maximum absolute atomic E-state index is 5.49. The lowest BCUT2D eigenvalue weighted by Crippen LogP contribution is -2.29. The predicted molar refractivity (Wildman–Crippen MR) is 118 cm³/mol. The smallest absolute Gasteiger partial charge is 0.224 e. The molecule has 0 saturated heterocycles. The van der Waals surface area contributed by atoms with E-state index in [-0.39, 0.29) is 5.60 Å². The molecule has 0 atom stereocenters. The Kier molecular flexibility index (Phi) is 5.06. The SMILES string of the molecule is COC(C)(C)Cn1ccc(Sc2n[nH]c(Nc3c4c(cc5c3CCC5)CCC4)n2)n1. The summed E-state index contributed by atoms with van der Waals surface area (Å²) >= 11 is 1.46. The van der Waals surface area contributed by atoms with Crippen LogP contribution in [0, 0.1) is 0 Å². The number of aromatic nitrogens is 5. The summed E-state index contributed by atoms with van der Waals surface area (Å²) in [7, 11) is 1.72. The highest BCUT2D eigenvalue weighted by Gasteiger charge is 2.24. The van der Waals surface area contributed by atoms with Gasteiger partial charge >= 0.3 is 0 Å². The molecule has 0 radical (unpaired) electrons. The Morgan fingerprint density at radius 1 is 1.17 bits per heavy atom.